The van der Waals surface area contributed by atoms with E-state index < -0.39 is 6.10 Å². The Kier molecular flexibility index (Phi) is 5.53. The van der Waals surface area contributed by atoms with Crippen molar-refractivity contribution in [1.29, 1.82) is 0 Å². The number of ether oxygens (including phenoxy) is 1. The minimum atomic E-state index is -0.406. The highest BCUT2D eigenvalue weighted by molar-refractivity contribution is 5.81. The number of hydrogen-bond acceptors (Lipinski definition) is 2. The number of hydrogen-bond donors (Lipinski definition) is 1. The van der Waals surface area contributed by atoms with Gasteiger partial charge in [-0.05, 0) is 24.5 Å². The van der Waals surface area contributed by atoms with E-state index in [0.29, 0.717) is 18.9 Å². The lowest BCUT2D eigenvalue weighted by molar-refractivity contribution is -0.128. The van der Waals surface area contributed by atoms with Gasteiger partial charge in [0.2, 0.25) is 0 Å². The zero-order valence-corrected chi connectivity index (χ0v) is 10.8. The molecule has 1 rings (SSSR count). The molecular weight excluding hydrogens is 214 g/mol. The zero-order chi connectivity index (χ0) is 12.7. The summed E-state index contributed by atoms with van der Waals surface area (Å²) in [5.41, 5.74) is 0. The van der Waals surface area contributed by atoms with Gasteiger partial charge in [0, 0.05) is 6.54 Å². The van der Waals surface area contributed by atoms with E-state index in [1.165, 1.54) is 0 Å². The Bertz CT molecular complexity index is 335. The number of para-hydroxylation sites is 1. The minimum absolute atomic E-state index is 0.0370. The summed E-state index contributed by atoms with van der Waals surface area (Å²) in [6.45, 7) is 6.77. The fraction of sp³-hybridized carbons (Fsp3) is 0.500. The van der Waals surface area contributed by atoms with Crippen LogP contribution in [0, 0.1) is 5.92 Å². The van der Waals surface area contributed by atoms with E-state index in [1.807, 2.05) is 37.3 Å². The highest BCUT2D eigenvalue weighted by Gasteiger charge is 2.17. The largest absolute Gasteiger partial charge is 0.481 e. The summed E-state index contributed by atoms with van der Waals surface area (Å²) in [5, 5.41) is 2.89. The molecule has 0 heterocycles. The van der Waals surface area contributed by atoms with Crippen LogP contribution < -0.4 is 10.1 Å². The highest BCUT2D eigenvalue weighted by Crippen LogP contribution is 2.12. The van der Waals surface area contributed by atoms with Crippen molar-refractivity contribution in [1.82, 2.24) is 5.32 Å². The first-order valence-electron chi connectivity index (χ1n) is 6.13. The number of nitrogens with one attached hydrogen (secondary N) is 1. The predicted octanol–water partition coefficient (Wildman–Crippen LogP) is 2.62. The lowest BCUT2D eigenvalue weighted by Gasteiger charge is -2.17. The lowest BCUT2D eigenvalue weighted by Crippen LogP contribution is -2.39. The van der Waals surface area contributed by atoms with Gasteiger partial charge in [-0.15, -0.1) is 0 Å². The maximum Gasteiger partial charge on any atom is 0.261 e. The van der Waals surface area contributed by atoms with Gasteiger partial charge in [0.15, 0.2) is 6.10 Å². The summed E-state index contributed by atoms with van der Waals surface area (Å²) < 4.78 is 5.65. The van der Waals surface area contributed by atoms with Crippen molar-refractivity contribution in [3.05, 3.63) is 30.3 Å². The molecule has 0 radical (unpaired) electrons. The van der Waals surface area contributed by atoms with Gasteiger partial charge >= 0.3 is 0 Å². The van der Waals surface area contributed by atoms with Gasteiger partial charge in [-0.2, -0.15) is 0 Å². The number of rotatable bonds is 6. The first-order valence-corrected chi connectivity index (χ1v) is 6.13. The van der Waals surface area contributed by atoms with Gasteiger partial charge < -0.3 is 10.1 Å². The third kappa shape index (κ3) is 4.89. The number of carbonyl (C=O) groups excluding carboxylic acids is 1. The molecule has 1 atom stereocenters. The summed E-state index contributed by atoms with van der Waals surface area (Å²) in [5.74, 6) is 1.15. The third-order valence-electron chi connectivity index (χ3n) is 2.37. The molecule has 0 unspecified atom stereocenters. The van der Waals surface area contributed by atoms with Crippen LogP contribution in [0.4, 0.5) is 0 Å². The second kappa shape index (κ2) is 6.94. The topological polar surface area (TPSA) is 38.3 Å². The van der Waals surface area contributed by atoms with Gasteiger partial charge in [0.05, 0.1) is 0 Å². The fourth-order valence-electron chi connectivity index (χ4n) is 1.40. The molecule has 94 valence electrons. The van der Waals surface area contributed by atoms with Crippen molar-refractivity contribution in [2.24, 2.45) is 5.92 Å². The quantitative estimate of drug-likeness (QED) is 0.823. The Balaban J connectivity index is 2.51. The maximum atomic E-state index is 11.8. The van der Waals surface area contributed by atoms with Crippen molar-refractivity contribution >= 4 is 5.91 Å². The molecule has 1 aromatic rings. The van der Waals surface area contributed by atoms with Crippen molar-refractivity contribution in [3.63, 3.8) is 0 Å². The molecule has 0 saturated heterocycles. The lowest BCUT2D eigenvalue weighted by atomic mass is 10.2. The Labute approximate surface area is 103 Å². The van der Waals surface area contributed by atoms with E-state index in [0.717, 1.165) is 5.75 Å². The Morgan fingerprint density at radius 2 is 1.94 bits per heavy atom. The Hall–Kier alpha value is -1.51. The number of amides is 1. The maximum absolute atomic E-state index is 11.8. The minimum Gasteiger partial charge on any atom is -0.481 e. The monoisotopic (exact) mass is 235 g/mol. The van der Waals surface area contributed by atoms with Crippen LogP contribution >= 0.6 is 0 Å². The first kappa shape index (κ1) is 13.6. The van der Waals surface area contributed by atoms with Crippen LogP contribution in [0.2, 0.25) is 0 Å². The highest BCUT2D eigenvalue weighted by atomic mass is 16.5. The van der Waals surface area contributed by atoms with E-state index in [1.54, 1.807) is 0 Å². The molecule has 0 fully saturated rings. The molecule has 1 aromatic carbocycles. The Morgan fingerprint density at radius 1 is 1.29 bits per heavy atom. The van der Waals surface area contributed by atoms with Crippen molar-refractivity contribution < 1.29 is 9.53 Å². The molecule has 0 aliphatic carbocycles. The van der Waals surface area contributed by atoms with E-state index >= 15 is 0 Å². The summed E-state index contributed by atoms with van der Waals surface area (Å²) in [7, 11) is 0. The van der Waals surface area contributed by atoms with Crippen LogP contribution in [0.5, 0.6) is 5.75 Å². The zero-order valence-electron chi connectivity index (χ0n) is 10.8. The third-order valence-corrected chi connectivity index (χ3v) is 2.37. The molecule has 1 N–H and O–H groups in total. The molecule has 3 heteroatoms. The second-order valence-corrected chi connectivity index (χ2v) is 4.47. The summed E-state index contributed by atoms with van der Waals surface area (Å²) >= 11 is 0. The van der Waals surface area contributed by atoms with Gasteiger partial charge in [0.1, 0.15) is 5.75 Å². The second-order valence-electron chi connectivity index (χ2n) is 4.47. The van der Waals surface area contributed by atoms with Crippen LogP contribution in [0.3, 0.4) is 0 Å². The molecule has 0 saturated carbocycles. The van der Waals surface area contributed by atoms with Crippen LogP contribution in [-0.2, 0) is 4.79 Å². The number of carbonyl (C=O) groups is 1. The molecule has 0 spiro atoms. The Morgan fingerprint density at radius 3 is 2.47 bits per heavy atom. The standard InChI is InChI=1S/C14H21NO2/c1-4-13(14(16)15-10-11(2)3)17-12-8-6-5-7-9-12/h5-9,11,13H,4,10H2,1-3H3,(H,15,16)/t13-/m0/s1. The number of benzene rings is 1. The predicted molar refractivity (Wildman–Crippen MR) is 69.0 cm³/mol. The molecule has 17 heavy (non-hydrogen) atoms. The molecule has 0 aromatic heterocycles. The smallest absolute Gasteiger partial charge is 0.261 e. The average molecular weight is 235 g/mol. The molecule has 0 bridgehead atoms. The summed E-state index contributed by atoms with van der Waals surface area (Å²) in [4.78, 5) is 11.8. The van der Waals surface area contributed by atoms with E-state index in [9.17, 15) is 4.79 Å². The summed E-state index contributed by atoms with van der Waals surface area (Å²) in [6, 6.07) is 9.44. The first-order chi connectivity index (χ1) is 8.13. The fourth-order valence-corrected chi connectivity index (χ4v) is 1.40. The molecule has 3 nitrogen and oxygen atoms in total. The van der Waals surface area contributed by atoms with Gasteiger partial charge in [-0.1, -0.05) is 39.0 Å². The van der Waals surface area contributed by atoms with E-state index in [2.05, 4.69) is 19.2 Å². The molecule has 0 aliphatic rings. The molecule has 1 amide bonds. The van der Waals surface area contributed by atoms with Gasteiger partial charge in [-0.25, -0.2) is 0 Å². The van der Waals surface area contributed by atoms with E-state index in [4.69, 9.17) is 4.74 Å². The normalized spacial score (nSPS) is 12.2. The van der Waals surface area contributed by atoms with Crippen molar-refractivity contribution in [2.75, 3.05) is 6.54 Å². The molecule has 0 aliphatic heterocycles. The van der Waals surface area contributed by atoms with Crippen LogP contribution in [-0.4, -0.2) is 18.6 Å². The van der Waals surface area contributed by atoms with E-state index in [-0.39, 0.29) is 5.91 Å². The molecular formula is C14H21NO2. The van der Waals surface area contributed by atoms with Crippen LogP contribution in [0.15, 0.2) is 30.3 Å². The van der Waals surface area contributed by atoms with Gasteiger partial charge in [0.25, 0.3) is 5.91 Å². The van der Waals surface area contributed by atoms with Crippen molar-refractivity contribution in [2.45, 2.75) is 33.3 Å². The SMILES string of the molecule is CC[C@H](Oc1ccccc1)C(=O)NCC(C)C. The van der Waals surface area contributed by atoms with Gasteiger partial charge in [-0.3, -0.25) is 4.79 Å². The average Bonchev–Trinajstić information content (AvgIpc) is 2.34. The van der Waals surface area contributed by atoms with Crippen LogP contribution in [0.1, 0.15) is 27.2 Å². The van der Waals surface area contributed by atoms with Crippen molar-refractivity contribution in [3.8, 4) is 5.75 Å². The van der Waals surface area contributed by atoms with Crippen LogP contribution in [0.25, 0.3) is 0 Å². The summed E-state index contributed by atoms with van der Waals surface area (Å²) in [6.07, 6.45) is 0.259.